The summed E-state index contributed by atoms with van der Waals surface area (Å²) in [5.74, 6) is 1.22. The fourth-order valence-corrected chi connectivity index (χ4v) is 3.95. The summed E-state index contributed by atoms with van der Waals surface area (Å²) in [5.41, 5.74) is 2.98. The Morgan fingerprint density at radius 2 is 1.89 bits per heavy atom. The van der Waals surface area contributed by atoms with E-state index in [0.29, 0.717) is 39.6 Å². The number of aromatic nitrogens is 3. The third-order valence-electron chi connectivity index (χ3n) is 5.64. The number of amides is 1. The van der Waals surface area contributed by atoms with Crippen LogP contribution in [0.15, 0.2) is 76.1 Å². The van der Waals surface area contributed by atoms with E-state index in [2.05, 4.69) is 10.4 Å². The van der Waals surface area contributed by atoms with Crippen molar-refractivity contribution in [2.24, 2.45) is 0 Å². The second-order valence-electron chi connectivity index (χ2n) is 8.08. The number of carbonyl (C=O) groups excluding carboxylic acids is 1. The van der Waals surface area contributed by atoms with Crippen LogP contribution in [0.4, 0.5) is 5.82 Å². The van der Waals surface area contributed by atoms with Gasteiger partial charge in [0, 0.05) is 17.5 Å². The summed E-state index contributed by atoms with van der Waals surface area (Å²) in [6, 6.07) is 16.4. The molecule has 0 saturated heterocycles. The third-order valence-corrected chi connectivity index (χ3v) is 5.64. The minimum atomic E-state index is -0.422. The molecule has 0 unspecified atom stereocenters. The first-order chi connectivity index (χ1) is 16.9. The van der Waals surface area contributed by atoms with Crippen LogP contribution in [0.3, 0.4) is 0 Å². The quantitative estimate of drug-likeness (QED) is 0.374. The minimum Gasteiger partial charge on any atom is -0.494 e. The molecule has 0 atom stereocenters. The van der Waals surface area contributed by atoms with E-state index in [9.17, 15) is 9.59 Å². The lowest BCUT2D eigenvalue weighted by atomic mass is 10.1. The number of fused-ring (bicyclic) bond motifs is 2. The Kier molecular flexibility index (Phi) is 5.62. The van der Waals surface area contributed by atoms with Gasteiger partial charge in [0.2, 0.25) is 5.91 Å². The second-order valence-corrected chi connectivity index (χ2v) is 8.08. The van der Waals surface area contributed by atoms with Gasteiger partial charge in [-0.25, -0.2) is 4.98 Å². The van der Waals surface area contributed by atoms with Crippen molar-refractivity contribution in [3.05, 3.63) is 94.0 Å². The Hall–Kier alpha value is -4.72. The van der Waals surface area contributed by atoms with Crippen LogP contribution in [-0.4, -0.2) is 27.8 Å². The van der Waals surface area contributed by atoms with Gasteiger partial charge in [-0.1, -0.05) is 24.3 Å². The highest BCUT2D eigenvalue weighted by molar-refractivity contribution is 6.01. The largest absolute Gasteiger partial charge is 0.494 e. The average Bonchev–Trinajstić information content (AvgIpc) is 3.23. The number of pyridine rings is 1. The number of hydrogen-bond acceptors (Lipinski definition) is 6. The maximum Gasteiger partial charge on any atom is 0.249 e. The van der Waals surface area contributed by atoms with E-state index in [1.807, 2.05) is 38.1 Å². The Morgan fingerprint density at radius 1 is 1.09 bits per heavy atom. The molecule has 0 bridgehead atoms. The van der Waals surface area contributed by atoms with Gasteiger partial charge in [-0.15, -0.1) is 0 Å². The van der Waals surface area contributed by atoms with Crippen molar-refractivity contribution < 1.29 is 13.9 Å². The highest BCUT2D eigenvalue weighted by Gasteiger charge is 2.14. The molecule has 0 aliphatic heterocycles. The molecule has 174 valence electrons. The van der Waals surface area contributed by atoms with Gasteiger partial charge < -0.3 is 14.5 Å². The summed E-state index contributed by atoms with van der Waals surface area (Å²) >= 11 is 0. The van der Waals surface area contributed by atoms with Crippen molar-refractivity contribution >= 4 is 39.7 Å². The van der Waals surface area contributed by atoms with Crippen molar-refractivity contribution in [2.45, 2.75) is 13.8 Å². The summed E-state index contributed by atoms with van der Waals surface area (Å²) in [6.07, 6.45) is 4.07. The molecule has 5 rings (SSSR count). The molecule has 8 heteroatoms. The van der Waals surface area contributed by atoms with E-state index in [-0.39, 0.29) is 11.0 Å². The van der Waals surface area contributed by atoms with Crippen molar-refractivity contribution in [3.63, 3.8) is 0 Å². The zero-order valence-corrected chi connectivity index (χ0v) is 19.4. The molecule has 0 saturated carbocycles. The number of aryl methyl sites for hydroxylation is 2. The zero-order valence-electron chi connectivity index (χ0n) is 19.4. The van der Waals surface area contributed by atoms with Crippen molar-refractivity contribution in [2.75, 3.05) is 12.4 Å². The fraction of sp³-hybridized carbons (Fsp3) is 0.111. The van der Waals surface area contributed by atoms with E-state index in [1.54, 1.807) is 42.1 Å². The molecule has 3 heterocycles. The lowest BCUT2D eigenvalue weighted by molar-refractivity contribution is -0.111. The Bertz CT molecular complexity index is 1680. The SMILES string of the molecule is COc1cccc2c(C)cc(-n3nc(C)cc3NC(=O)/C=C/c3coc4ccccc4c3=O)nc12. The predicted octanol–water partition coefficient (Wildman–Crippen LogP) is 4.80. The van der Waals surface area contributed by atoms with Crippen molar-refractivity contribution in [3.8, 4) is 11.6 Å². The number of para-hydroxylation sites is 2. The molecule has 8 nitrogen and oxygen atoms in total. The summed E-state index contributed by atoms with van der Waals surface area (Å²) < 4.78 is 12.6. The molecule has 1 amide bonds. The first kappa shape index (κ1) is 22.1. The fourth-order valence-electron chi connectivity index (χ4n) is 3.95. The van der Waals surface area contributed by atoms with Crippen LogP contribution in [0, 0.1) is 13.8 Å². The number of nitrogens with one attached hydrogen (secondary N) is 1. The maximum atomic E-state index is 12.7. The van der Waals surface area contributed by atoms with Crippen molar-refractivity contribution in [1.29, 1.82) is 0 Å². The molecule has 5 aromatic rings. The van der Waals surface area contributed by atoms with Crippen LogP contribution in [0.25, 0.3) is 33.8 Å². The number of anilines is 1. The minimum absolute atomic E-state index is 0.207. The van der Waals surface area contributed by atoms with Gasteiger partial charge in [-0.05, 0) is 49.8 Å². The maximum absolute atomic E-state index is 12.7. The van der Waals surface area contributed by atoms with Crippen LogP contribution >= 0.6 is 0 Å². The lowest BCUT2D eigenvalue weighted by Gasteiger charge is -2.11. The highest BCUT2D eigenvalue weighted by atomic mass is 16.5. The molecule has 0 aliphatic carbocycles. The molecule has 1 N–H and O–H groups in total. The molecule has 2 aromatic carbocycles. The Morgan fingerprint density at radius 3 is 2.71 bits per heavy atom. The summed E-state index contributed by atoms with van der Waals surface area (Å²) in [6.45, 7) is 3.82. The summed E-state index contributed by atoms with van der Waals surface area (Å²) in [7, 11) is 1.60. The van der Waals surface area contributed by atoms with Gasteiger partial charge in [0.15, 0.2) is 11.2 Å². The van der Waals surface area contributed by atoms with E-state index in [4.69, 9.17) is 14.1 Å². The molecule has 0 aliphatic rings. The van der Waals surface area contributed by atoms with Gasteiger partial charge in [-0.3, -0.25) is 9.59 Å². The first-order valence-corrected chi connectivity index (χ1v) is 11.0. The number of carbonyl (C=O) groups is 1. The number of methoxy groups -OCH3 is 1. The number of ether oxygens (including phenoxy) is 1. The molecule has 0 fully saturated rings. The van der Waals surface area contributed by atoms with Crippen LogP contribution in [0.2, 0.25) is 0 Å². The van der Waals surface area contributed by atoms with E-state index >= 15 is 0 Å². The predicted molar refractivity (Wildman–Crippen MR) is 135 cm³/mol. The van der Waals surface area contributed by atoms with Crippen LogP contribution in [-0.2, 0) is 4.79 Å². The highest BCUT2D eigenvalue weighted by Crippen LogP contribution is 2.28. The Balaban J connectivity index is 1.46. The molecule has 0 radical (unpaired) electrons. The van der Waals surface area contributed by atoms with Crippen LogP contribution in [0.1, 0.15) is 16.8 Å². The van der Waals surface area contributed by atoms with Gasteiger partial charge in [0.1, 0.15) is 28.9 Å². The number of nitrogens with zero attached hydrogens (tertiary/aromatic N) is 3. The molecular formula is C27H22N4O4. The topological polar surface area (TPSA) is 99.2 Å². The third kappa shape index (κ3) is 4.17. The van der Waals surface area contributed by atoms with Gasteiger partial charge >= 0.3 is 0 Å². The average molecular weight is 466 g/mol. The zero-order chi connectivity index (χ0) is 24.5. The summed E-state index contributed by atoms with van der Waals surface area (Å²) in [5, 5.41) is 8.76. The lowest BCUT2D eigenvalue weighted by Crippen LogP contribution is -2.13. The number of rotatable bonds is 5. The molecular weight excluding hydrogens is 444 g/mol. The first-order valence-electron chi connectivity index (χ1n) is 11.0. The number of benzene rings is 2. The molecule has 3 aromatic heterocycles. The van der Waals surface area contributed by atoms with Crippen LogP contribution in [0.5, 0.6) is 5.75 Å². The van der Waals surface area contributed by atoms with Gasteiger partial charge in [0.05, 0.1) is 23.8 Å². The van der Waals surface area contributed by atoms with E-state index in [0.717, 1.165) is 10.9 Å². The van der Waals surface area contributed by atoms with Gasteiger partial charge in [-0.2, -0.15) is 9.78 Å². The van der Waals surface area contributed by atoms with Crippen molar-refractivity contribution in [1.82, 2.24) is 14.8 Å². The normalized spacial score (nSPS) is 11.4. The molecule has 35 heavy (non-hydrogen) atoms. The van der Waals surface area contributed by atoms with E-state index < -0.39 is 5.91 Å². The monoisotopic (exact) mass is 466 g/mol. The Labute approximate surface area is 200 Å². The molecule has 0 spiro atoms. The van der Waals surface area contributed by atoms with Gasteiger partial charge in [0.25, 0.3) is 0 Å². The standard InChI is InChI=1S/C27H22N4O4/c1-16-13-23(29-26-19(16)8-6-10-22(26)34-3)31-24(14-17(2)30-31)28-25(32)12-11-18-15-35-21-9-5-4-7-20(21)27(18)33/h4-15H,1-3H3,(H,28,32)/b12-11+. The number of hydrogen-bond donors (Lipinski definition) is 1. The second kappa shape index (κ2) is 8.90. The smallest absolute Gasteiger partial charge is 0.249 e. The van der Waals surface area contributed by atoms with Crippen LogP contribution < -0.4 is 15.5 Å². The summed E-state index contributed by atoms with van der Waals surface area (Å²) in [4.78, 5) is 30.1. The van der Waals surface area contributed by atoms with E-state index in [1.165, 1.54) is 18.4 Å².